The van der Waals surface area contributed by atoms with E-state index in [9.17, 15) is 9.90 Å². The third-order valence-electron chi connectivity index (χ3n) is 3.54. The van der Waals surface area contributed by atoms with Crippen LogP contribution in [0.3, 0.4) is 0 Å². The average Bonchev–Trinajstić information content (AvgIpc) is 3.02. The quantitative estimate of drug-likeness (QED) is 0.813. The molecule has 1 aliphatic heterocycles. The summed E-state index contributed by atoms with van der Waals surface area (Å²) in [5.41, 5.74) is 1.11. The molecule has 0 spiro atoms. The summed E-state index contributed by atoms with van der Waals surface area (Å²) in [7, 11) is 0. The minimum Gasteiger partial charge on any atom is -0.480 e. The van der Waals surface area contributed by atoms with Gasteiger partial charge in [-0.2, -0.15) is 0 Å². The van der Waals surface area contributed by atoms with Crippen LogP contribution in [0.4, 0.5) is 0 Å². The van der Waals surface area contributed by atoms with E-state index in [1.165, 1.54) is 0 Å². The maximum atomic E-state index is 11.4. The second kappa shape index (κ2) is 5.96. The van der Waals surface area contributed by atoms with Gasteiger partial charge in [-0.25, -0.2) is 4.98 Å². The second-order valence-electron chi connectivity index (χ2n) is 5.61. The van der Waals surface area contributed by atoms with E-state index >= 15 is 0 Å². The summed E-state index contributed by atoms with van der Waals surface area (Å²) in [6.45, 7) is 3.90. The molecule has 1 saturated heterocycles. The Morgan fingerprint density at radius 3 is 2.86 bits per heavy atom. The number of carbonyl (C=O) groups is 1. The van der Waals surface area contributed by atoms with Crippen LogP contribution in [0.1, 0.15) is 24.2 Å². The van der Waals surface area contributed by atoms with Gasteiger partial charge in [0, 0.05) is 15.4 Å². The molecule has 0 bridgehead atoms. The van der Waals surface area contributed by atoms with Gasteiger partial charge in [0.15, 0.2) is 0 Å². The highest BCUT2D eigenvalue weighted by Crippen LogP contribution is 2.47. The van der Waals surface area contributed by atoms with Crippen LogP contribution in [0.5, 0.6) is 0 Å². The van der Waals surface area contributed by atoms with Gasteiger partial charge in [0.25, 0.3) is 0 Å². The first kappa shape index (κ1) is 16.0. The molecule has 3 rings (SSSR count). The monoisotopic (exact) mass is 398 g/mol. The fourth-order valence-corrected chi connectivity index (χ4v) is 5.25. The molecule has 2 aromatic rings. The van der Waals surface area contributed by atoms with Crippen LogP contribution in [0.2, 0.25) is 0 Å². The topological polar surface area (TPSA) is 62.2 Å². The van der Waals surface area contributed by atoms with E-state index in [0.29, 0.717) is 0 Å². The van der Waals surface area contributed by atoms with E-state index in [0.717, 1.165) is 19.9 Å². The number of nitrogens with zero attached hydrogens (tertiary/aromatic N) is 1. The average molecular weight is 399 g/mol. The van der Waals surface area contributed by atoms with Crippen molar-refractivity contribution < 1.29 is 9.90 Å². The smallest absolute Gasteiger partial charge is 0.322 e. The summed E-state index contributed by atoms with van der Waals surface area (Å²) in [6.07, 6.45) is 1.85. The summed E-state index contributed by atoms with van der Waals surface area (Å²) < 4.78 is 0.665. The Bertz CT molecular complexity index is 717. The van der Waals surface area contributed by atoms with Crippen molar-refractivity contribution in [2.75, 3.05) is 0 Å². The van der Waals surface area contributed by atoms with E-state index in [4.69, 9.17) is 0 Å². The number of hydrogen-bond donors (Lipinski definition) is 2. The second-order valence-corrected chi connectivity index (χ2v) is 9.35. The molecule has 1 aromatic carbocycles. The van der Waals surface area contributed by atoms with Crippen LogP contribution in [0.25, 0.3) is 10.4 Å². The van der Waals surface area contributed by atoms with Crippen molar-refractivity contribution in [1.82, 2.24) is 10.3 Å². The molecule has 1 aromatic heterocycles. The molecule has 0 aliphatic carbocycles. The fraction of sp³-hybridized carbons (Fsp3) is 0.333. The number of nitrogens with one attached hydrogen (secondary N) is 1. The van der Waals surface area contributed by atoms with Crippen LogP contribution in [-0.2, 0) is 4.79 Å². The van der Waals surface area contributed by atoms with E-state index in [1.807, 2.05) is 38.2 Å². The van der Waals surface area contributed by atoms with Gasteiger partial charge in [-0.05, 0) is 31.5 Å². The highest BCUT2D eigenvalue weighted by molar-refractivity contribution is 9.10. The number of aromatic nitrogens is 1. The van der Waals surface area contributed by atoms with Crippen LogP contribution >= 0.6 is 39.0 Å². The largest absolute Gasteiger partial charge is 0.480 e. The van der Waals surface area contributed by atoms with Crippen molar-refractivity contribution >= 4 is 45.0 Å². The number of thioether (sulfide) groups is 1. The van der Waals surface area contributed by atoms with Crippen LogP contribution in [0, 0.1) is 0 Å². The first-order chi connectivity index (χ1) is 10.4. The molecule has 7 heteroatoms. The molecule has 2 N–H and O–H groups in total. The maximum Gasteiger partial charge on any atom is 0.322 e. The van der Waals surface area contributed by atoms with Crippen molar-refractivity contribution in [1.29, 1.82) is 0 Å². The van der Waals surface area contributed by atoms with Gasteiger partial charge >= 0.3 is 5.97 Å². The summed E-state index contributed by atoms with van der Waals surface area (Å²) >= 11 is 6.69. The number of benzene rings is 1. The van der Waals surface area contributed by atoms with E-state index < -0.39 is 12.0 Å². The molecule has 2 atom stereocenters. The Hall–Kier alpha value is -0.890. The highest BCUT2D eigenvalue weighted by Gasteiger charge is 2.46. The zero-order chi connectivity index (χ0) is 15.9. The Kier molecular flexibility index (Phi) is 4.33. The van der Waals surface area contributed by atoms with Crippen molar-refractivity contribution in [2.24, 2.45) is 0 Å². The standard InChI is InChI=1S/C15H15BrN2O2S2/c1-15(2)11(14(19)20)18-13(22-15)12-17-7-10(21-12)8-4-3-5-9(16)6-8/h3-7,11,13,18H,1-2H3,(H,19,20). The van der Waals surface area contributed by atoms with Crippen molar-refractivity contribution in [3.05, 3.63) is 39.9 Å². The number of aliphatic carboxylic acids is 1. The number of hydrogen-bond acceptors (Lipinski definition) is 5. The molecule has 1 aliphatic rings. The van der Waals surface area contributed by atoms with Crippen molar-refractivity contribution in [3.8, 4) is 10.4 Å². The first-order valence-electron chi connectivity index (χ1n) is 6.75. The van der Waals surface area contributed by atoms with Gasteiger partial charge in [-0.15, -0.1) is 23.1 Å². The normalized spacial score (nSPS) is 23.6. The van der Waals surface area contributed by atoms with E-state index in [2.05, 4.69) is 32.3 Å². The molecule has 22 heavy (non-hydrogen) atoms. The molecule has 0 saturated carbocycles. The van der Waals surface area contributed by atoms with E-state index in [-0.39, 0.29) is 10.1 Å². The Balaban J connectivity index is 1.85. The molecular formula is C15H15BrN2O2S2. The summed E-state index contributed by atoms with van der Waals surface area (Å²) in [5, 5.41) is 13.3. The molecule has 116 valence electrons. The molecule has 0 radical (unpaired) electrons. The first-order valence-corrected chi connectivity index (χ1v) is 9.24. The predicted molar refractivity (Wildman–Crippen MR) is 94.2 cm³/mol. The molecule has 1 fully saturated rings. The third-order valence-corrected chi connectivity index (χ3v) is 6.73. The molecule has 2 unspecified atom stereocenters. The van der Waals surface area contributed by atoms with E-state index in [1.54, 1.807) is 23.1 Å². The van der Waals surface area contributed by atoms with Gasteiger partial charge in [0.2, 0.25) is 0 Å². The van der Waals surface area contributed by atoms with Gasteiger partial charge in [-0.1, -0.05) is 28.1 Å². The SMILES string of the molecule is CC1(C)SC(c2ncc(-c3cccc(Br)c3)s2)NC1C(=O)O. The number of carboxylic acids is 1. The minimum atomic E-state index is -0.816. The lowest BCUT2D eigenvalue weighted by Gasteiger charge is -2.20. The third kappa shape index (κ3) is 3.08. The summed E-state index contributed by atoms with van der Waals surface area (Å²) in [6, 6.07) is 7.50. The van der Waals surface area contributed by atoms with Crippen LogP contribution in [-0.4, -0.2) is 26.8 Å². The van der Waals surface area contributed by atoms with Gasteiger partial charge in [-0.3, -0.25) is 10.1 Å². The summed E-state index contributed by atoms with van der Waals surface area (Å²) in [5.74, 6) is -0.816. The fourth-order valence-electron chi connectivity index (χ4n) is 2.43. The maximum absolute atomic E-state index is 11.4. The predicted octanol–water partition coefficient (Wildman–Crippen LogP) is 4.14. The van der Waals surface area contributed by atoms with Gasteiger partial charge < -0.3 is 5.11 Å². The lowest BCUT2D eigenvalue weighted by Crippen LogP contribution is -2.43. The van der Waals surface area contributed by atoms with Crippen LogP contribution in [0.15, 0.2) is 34.9 Å². The molecule has 0 amide bonds. The molecular weight excluding hydrogens is 384 g/mol. The zero-order valence-corrected chi connectivity index (χ0v) is 15.3. The number of thiazole rings is 1. The molecule has 2 heterocycles. The van der Waals surface area contributed by atoms with Crippen molar-refractivity contribution in [3.63, 3.8) is 0 Å². The lowest BCUT2D eigenvalue weighted by atomic mass is 10.0. The number of rotatable bonds is 3. The number of carboxylic acid groups (broad SMARTS) is 1. The number of halogens is 1. The minimum absolute atomic E-state index is 0.0815. The highest BCUT2D eigenvalue weighted by atomic mass is 79.9. The Labute approximate surface area is 145 Å². The zero-order valence-electron chi connectivity index (χ0n) is 12.0. The van der Waals surface area contributed by atoms with Crippen molar-refractivity contribution in [2.45, 2.75) is 30.0 Å². The van der Waals surface area contributed by atoms with Gasteiger partial charge in [0.05, 0.1) is 4.88 Å². The molecule has 4 nitrogen and oxygen atoms in total. The lowest BCUT2D eigenvalue weighted by molar-refractivity contribution is -0.139. The van der Waals surface area contributed by atoms with Gasteiger partial charge in [0.1, 0.15) is 16.4 Å². The Morgan fingerprint density at radius 2 is 2.23 bits per heavy atom. The van der Waals surface area contributed by atoms with Crippen LogP contribution < -0.4 is 5.32 Å². The summed E-state index contributed by atoms with van der Waals surface area (Å²) in [4.78, 5) is 16.9. The Morgan fingerprint density at radius 1 is 1.45 bits per heavy atom.